The zero-order valence-electron chi connectivity index (χ0n) is 15.0. The van der Waals surface area contributed by atoms with Crippen LogP contribution in [-0.4, -0.2) is 52.7 Å². The van der Waals surface area contributed by atoms with Crippen molar-refractivity contribution in [1.82, 2.24) is 14.9 Å². The lowest BCUT2D eigenvalue weighted by Gasteiger charge is -2.36. The Kier molecular flexibility index (Phi) is 4.73. The molecule has 0 aliphatic carbocycles. The van der Waals surface area contributed by atoms with Gasteiger partial charge in [0.1, 0.15) is 17.7 Å². The van der Waals surface area contributed by atoms with Crippen molar-refractivity contribution in [2.75, 3.05) is 31.1 Å². The van der Waals surface area contributed by atoms with Gasteiger partial charge in [0, 0.05) is 36.6 Å². The van der Waals surface area contributed by atoms with Crippen molar-refractivity contribution in [3.05, 3.63) is 29.0 Å². The van der Waals surface area contributed by atoms with E-state index in [-0.39, 0.29) is 6.09 Å². The fraction of sp³-hybridized carbons (Fsp3) is 0.500. The van der Waals surface area contributed by atoms with E-state index in [1.807, 2.05) is 39.8 Å². The van der Waals surface area contributed by atoms with Crippen molar-refractivity contribution < 1.29 is 9.53 Å². The molecule has 25 heavy (non-hydrogen) atoms. The SMILES string of the molecule is Cc1cc2ncnc(N3CCN(C(=O)OC(C)(C)C)CC3)c2cc1Cl. The van der Waals surface area contributed by atoms with Crippen LogP contribution in [0.15, 0.2) is 18.5 Å². The van der Waals surface area contributed by atoms with Gasteiger partial charge in [-0.2, -0.15) is 0 Å². The average molecular weight is 363 g/mol. The number of hydrogen-bond acceptors (Lipinski definition) is 5. The fourth-order valence-corrected chi connectivity index (χ4v) is 3.01. The predicted molar refractivity (Wildman–Crippen MR) is 99.3 cm³/mol. The van der Waals surface area contributed by atoms with Gasteiger partial charge in [0.25, 0.3) is 0 Å². The predicted octanol–water partition coefficient (Wildman–Crippen LogP) is 3.65. The summed E-state index contributed by atoms with van der Waals surface area (Å²) in [5.41, 5.74) is 1.39. The number of halogens is 1. The average Bonchev–Trinajstić information content (AvgIpc) is 2.54. The van der Waals surface area contributed by atoms with Gasteiger partial charge >= 0.3 is 6.09 Å². The number of amides is 1. The standard InChI is InChI=1S/C18H23ClN4O2/c1-12-9-15-13(10-14(12)19)16(21-11-20-15)22-5-7-23(8-6-22)17(24)25-18(2,3)4/h9-11H,5-8H2,1-4H3. The number of benzene rings is 1. The molecule has 1 fully saturated rings. The number of anilines is 1. The highest BCUT2D eigenvalue weighted by molar-refractivity contribution is 6.32. The third-order valence-corrected chi connectivity index (χ3v) is 4.53. The van der Waals surface area contributed by atoms with Crippen LogP contribution in [0.5, 0.6) is 0 Å². The highest BCUT2D eigenvalue weighted by Gasteiger charge is 2.27. The molecule has 0 bridgehead atoms. The van der Waals surface area contributed by atoms with E-state index < -0.39 is 5.60 Å². The van der Waals surface area contributed by atoms with E-state index in [1.54, 1.807) is 11.2 Å². The molecule has 0 spiro atoms. The van der Waals surface area contributed by atoms with Crippen molar-refractivity contribution in [3.63, 3.8) is 0 Å². The van der Waals surface area contributed by atoms with Crippen molar-refractivity contribution in [3.8, 4) is 0 Å². The van der Waals surface area contributed by atoms with E-state index in [0.717, 1.165) is 22.3 Å². The molecular formula is C18H23ClN4O2. The number of fused-ring (bicyclic) bond motifs is 1. The minimum atomic E-state index is -0.480. The Hall–Kier alpha value is -2.08. The Balaban J connectivity index is 1.76. The number of piperazine rings is 1. The monoisotopic (exact) mass is 362 g/mol. The molecule has 0 N–H and O–H groups in total. The first-order valence-electron chi connectivity index (χ1n) is 8.38. The molecule has 2 heterocycles. The lowest BCUT2D eigenvalue weighted by molar-refractivity contribution is 0.0240. The molecule has 2 aromatic rings. The molecule has 0 unspecified atom stereocenters. The van der Waals surface area contributed by atoms with E-state index >= 15 is 0 Å². The number of nitrogens with zero attached hydrogens (tertiary/aromatic N) is 4. The van der Waals surface area contributed by atoms with Gasteiger partial charge in [0.2, 0.25) is 0 Å². The van der Waals surface area contributed by atoms with Gasteiger partial charge in [-0.25, -0.2) is 14.8 Å². The molecule has 134 valence electrons. The van der Waals surface area contributed by atoms with Crippen LogP contribution in [0.1, 0.15) is 26.3 Å². The fourth-order valence-electron chi connectivity index (χ4n) is 2.85. The Morgan fingerprint density at radius 1 is 1.16 bits per heavy atom. The highest BCUT2D eigenvalue weighted by atomic mass is 35.5. The van der Waals surface area contributed by atoms with Crippen molar-refractivity contribution in [2.24, 2.45) is 0 Å². The van der Waals surface area contributed by atoms with Crippen LogP contribution in [0.2, 0.25) is 5.02 Å². The molecule has 1 saturated heterocycles. The lowest BCUT2D eigenvalue weighted by atomic mass is 10.1. The topological polar surface area (TPSA) is 58.6 Å². The summed E-state index contributed by atoms with van der Waals surface area (Å²) in [5, 5.41) is 1.64. The molecule has 0 saturated carbocycles. The summed E-state index contributed by atoms with van der Waals surface area (Å²) in [6.45, 7) is 10.2. The van der Waals surface area contributed by atoms with Crippen molar-refractivity contribution in [2.45, 2.75) is 33.3 Å². The normalized spacial score (nSPS) is 15.6. The van der Waals surface area contributed by atoms with Crippen LogP contribution in [0.25, 0.3) is 10.9 Å². The van der Waals surface area contributed by atoms with Crippen LogP contribution >= 0.6 is 11.6 Å². The first kappa shape index (κ1) is 17.7. The Morgan fingerprint density at radius 3 is 2.48 bits per heavy atom. The maximum atomic E-state index is 12.2. The molecule has 1 amide bonds. The zero-order valence-corrected chi connectivity index (χ0v) is 15.8. The molecule has 0 atom stereocenters. The van der Waals surface area contributed by atoms with Gasteiger partial charge in [-0.05, 0) is 45.4 Å². The van der Waals surface area contributed by atoms with Crippen LogP contribution in [0.4, 0.5) is 10.6 Å². The van der Waals surface area contributed by atoms with Crippen LogP contribution in [-0.2, 0) is 4.74 Å². The third kappa shape index (κ3) is 3.95. The molecule has 1 aliphatic heterocycles. The van der Waals surface area contributed by atoms with Crippen LogP contribution in [0, 0.1) is 6.92 Å². The number of carbonyl (C=O) groups excluding carboxylic acids is 1. The third-order valence-electron chi connectivity index (χ3n) is 4.13. The number of rotatable bonds is 1. The molecule has 0 radical (unpaired) electrons. The lowest BCUT2D eigenvalue weighted by Crippen LogP contribution is -2.50. The molecule has 3 rings (SSSR count). The number of aromatic nitrogens is 2. The quantitative estimate of drug-likeness (QED) is 0.775. The first-order valence-corrected chi connectivity index (χ1v) is 8.76. The molecule has 1 aromatic carbocycles. The van der Waals surface area contributed by atoms with Crippen molar-refractivity contribution >= 4 is 34.4 Å². The second-order valence-corrected chi connectivity index (χ2v) is 7.68. The van der Waals surface area contributed by atoms with Gasteiger partial charge < -0.3 is 14.5 Å². The number of carbonyl (C=O) groups is 1. The maximum Gasteiger partial charge on any atom is 0.410 e. The van der Waals surface area contributed by atoms with E-state index in [0.29, 0.717) is 31.2 Å². The summed E-state index contributed by atoms with van der Waals surface area (Å²) in [6.07, 6.45) is 1.31. The van der Waals surface area contributed by atoms with Crippen LogP contribution in [0.3, 0.4) is 0 Å². The highest BCUT2D eigenvalue weighted by Crippen LogP contribution is 2.29. The molecule has 1 aromatic heterocycles. The van der Waals surface area contributed by atoms with Gasteiger partial charge in [-0.1, -0.05) is 11.6 Å². The number of aryl methyl sites for hydroxylation is 1. The summed E-state index contributed by atoms with van der Waals surface area (Å²) in [6, 6.07) is 3.89. The van der Waals surface area contributed by atoms with Gasteiger partial charge in [-0.15, -0.1) is 0 Å². The molecule has 1 aliphatic rings. The largest absolute Gasteiger partial charge is 0.444 e. The van der Waals surface area contributed by atoms with Crippen molar-refractivity contribution in [1.29, 1.82) is 0 Å². The zero-order chi connectivity index (χ0) is 18.2. The number of hydrogen-bond donors (Lipinski definition) is 0. The Bertz CT molecular complexity index is 795. The number of ether oxygens (including phenoxy) is 1. The molecule has 7 heteroatoms. The summed E-state index contributed by atoms with van der Waals surface area (Å²) in [7, 11) is 0. The second-order valence-electron chi connectivity index (χ2n) is 7.27. The second kappa shape index (κ2) is 6.67. The van der Waals surface area contributed by atoms with E-state index in [4.69, 9.17) is 16.3 Å². The summed E-state index contributed by atoms with van der Waals surface area (Å²) in [5.74, 6) is 0.857. The van der Waals surface area contributed by atoms with Gasteiger partial charge in [0.15, 0.2) is 0 Å². The van der Waals surface area contributed by atoms with Gasteiger partial charge in [0.05, 0.1) is 5.52 Å². The van der Waals surface area contributed by atoms with E-state index in [2.05, 4.69) is 14.9 Å². The molecular weight excluding hydrogens is 340 g/mol. The van der Waals surface area contributed by atoms with Crippen LogP contribution < -0.4 is 4.90 Å². The minimum Gasteiger partial charge on any atom is -0.444 e. The molecule has 6 nitrogen and oxygen atoms in total. The van der Waals surface area contributed by atoms with E-state index in [1.165, 1.54) is 0 Å². The Labute approximate surface area is 152 Å². The van der Waals surface area contributed by atoms with E-state index in [9.17, 15) is 4.79 Å². The first-order chi connectivity index (χ1) is 11.7. The smallest absolute Gasteiger partial charge is 0.410 e. The minimum absolute atomic E-state index is 0.265. The maximum absolute atomic E-state index is 12.2. The van der Waals surface area contributed by atoms with Gasteiger partial charge in [-0.3, -0.25) is 0 Å². The Morgan fingerprint density at radius 2 is 1.84 bits per heavy atom. The summed E-state index contributed by atoms with van der Waals surface area (Å²) >= 11 is 6.28. The summed E-state index contributed by atoms with van der Waals surface area (Å²) < 4.78 is 5.44. The summed E-state index contributed by atoms with van der Waals surface area (Å²) in [4.78, 5) is 24.9.